The summed E-state index contributed by atoms with van der Waals surface area (Å²) >= 11 is 0. The van der Waals surface area contributed by atoms with E-state index in [-0.39, 0.29) is 12.5 Å². The van der Waals surface area contributed by atoms with Gasteiger partial charge in [0.1, 0.15) is 12.3 Å². The van der Waals surface area contributed by atoms with Crippen LogP contribution in [-0.4, -0.2) is 40.3 Å². The van der Waals surface area contributed by atoms with E-state index >= 15 is 0 Å². The van der Waals surface area contributed by atoms with E-state index in [4.69, 9.17) is 4.74 Å². The van der Waals surface area contributed by atoms with E-state index in [0.29, 0.717) is 24.6 Å². The third-order valence-electron chi connectivity index (χ3n) is 4.33. The van der Waals surface area contributed by atoms with Crippen LogP contribution in [0.25, 0.3) is 0 Å². The first-order chi connectivity index (χ1) is 13.8. The van der Waals surface area contributed by atoms with Crippen molar-refractivity contribution < 1.29 is 17.9 Å². The van der Waals surface area contributed by atoms with Gasteiger partial charge in [-0.2, -0.15) is 0 Å². The zero-order valence-corrected chi connectivity index (χ0v) is 18.2. The van der Waals surface area contributed by atoms with Crippen molar-refractivity contribution in [2.24, 2.45) is 0 Å². The van der Waals surface area contributed by atoms with Crippen molar-refractivity contribution in [3.63, 3.8) is 0 Å². The highest BCUT2D eigenvalue weighted by Gasteiger charge is 2.20. The fourth-order valence-electron chi connectivity index (χ4n) is 2.90. The molecule has 7 heteroatoms. The summed E-state index contributed by atoms with van der Waals surface area (Å²) in [5, 5.41) is 2.81. The van der Waals surface area contributed by atoms with Crippen molar-refractivity contribution in [2.45, 2.75) is 33.1 Å². The molecule has 0 heterocycles. The SMILES string of the molecule is CCCOc1ccc(N(CC(=O)NCCCc2cccc(C)c2)S(C)(=O)=O)cc1. The highest BCUT2D eigenvalue weighted by molar-refractivity contribution is 7.92. The number of ether oxygens (including phenoxy) is 1. The molecule has 0 aliphatic heterocycles. The maximum absolute atomic E-state index is 12.3. The second-order valence-corrected chi connectivity index (χ2v) is 8.96. The highest BCUT2D eigenvalue weighted by atomic mass is 32.2. The Hall–Kier alpha value is -2.54. The van der Waals surface area contributed by atoms with Gasteiger partial charge in [-0.3, -0.25) is 9.10 Å². The quantitative estimate of drug-likeness (QED) is 0.568. The first kappa shape index (κ1) is 22.7. The zero-order chi connectivity index (χ0) is 21.3. The third kappa shape index (κ3) is 7.77. The second-order valence-electron chi connectivity index (χ2n) is 7.05. The van der Waals surface area contributed by atoms with Crippen molar-refractivity contribution in [2.75, 3.05) is 30.3 Å². The molecule has 0 saturated carbocycles. The van der Waals surface area contributed by atoms with Crippen LogP contribution in [0.2, 0.25) is 0 Å². The first-order valence-corrected chi connectivity index (χ1v) is 11.7. The number of hydrogen-bond donors (Lipinski definition) is 1. The van der Waals surface area contributed by atoms with Crippen LogP contribution in [0, 0.1) is 6.92 Å². The molecule has 0 saturated heterocycles. The Bertz CT molecular complexity index is 895. The van der Waals surface area contributed by atoms with Crippen molar-refractivity contribution in [1.82, 2.24) is 5.32 Å². The highest BCUT2D eigenvalue weighted by Crippen LogP contribution is 2.21. The molecule has 0 bridgehead atoms. The molecule has 0 aliphatic rings. The minimum absolute atomic E-state index is 0.252. The van der Waals surface area contributed by atoms with Gasteiger partial charge in [0.15, 0.2) is 0 Å². The van der Waals surface area contributed by atoms with E-state index in [9.17, 15) is 13.2 Å². The average molecular weight is 419 g/mol. The van der Waals surface area contributed by atoms with Gasteiger partial charge in [0.25, 0.3) is 0 Å². The Labute approximate surface area is 173 Å². The Kier molecular flexibility index (Phi) is 8.51. The lowest BCUT2D eigenvalue weighted by Crippen LogP contribution is -2.40. The van der Waals surface area contributed by atoms with Gasteiger partial charge in [-0.15, -0.1) is 0 Å². The van der Waals surface area contributed by atoms with E-state index in [0.717, 1.165) is 29.8 Å². The maximum atomic E-state index is 12.3. The minimum atomic E-state index is -3.59. The first-order valence-electron chi connectivity index (χ1n) is 9.82. The van der Waals surface area contributed by atoms with Gasteiger partial charge in [-0.25, -0.2) is 8.42 Å². The lowest BCUT2D eigenvalue weighted by molar-refractivity contribution is -0.119. The number of aryl methyl sites for hydroxylation is 2. The topological polar surface area (TPSA) is 75.7 Å². The molecule has 2 aromatic carbocycles. The molecule has 0 unspecified atom stereocenters. The lowest BCUT2D eigenvalue weighted by Gasteiger charge is -2.22. The number of anilines is 1. The fourth-order valence-corrected chi connectivity index (χ4v) is 3.76. The van der Waals surface area contributed by atoms with E-state index in [1.54, 1.807) is 24.3 Å². The van der Waals surface area contributed by atoms with Gasteiger partial charge in [0.2, 0.25) is 15.9 Å². The molecular formula is C22H30N2O4S. The van der Waals surface area contributed by atoms with Crippen LogP contribution >= 0.6 is 0 Å². The molecule has 2 aromatic rings. The number of amides is 1. The van der Waals surface area contributed by atoms with E-state index in [1.165, 1.54) is 11.1 Å². The number of nitrogens with zero attached hydrogens (tertiary/aromatic N) is 1. The molecule has 0 aliphatic carbocycles. The number of rotatable bonds is 11. The monoisotopic (exact) mass is 418 g/mol. The molecule has 0 radical (unpaired) electrons. The molecule has 0 atom stereocenters. The standard InChI is InChI=1S/C22H30N2O4S/c1-4-15-28-21-12-10-20(11-13-21)24(29(3,26)27)17-22(25)23-14-6-9-19-8-5-7-18(2)16-19/h5,7-8,10-13,16H,4,6,9,14-15,17H2,1-3H3,(H,23,25). The molecule has 0 spiro atoms. The van der Waals surface area contributed by atoms with Gasteiger partial charge in [0, 0.05) is 6.54 Å². The summed E-state index contributed by atoms with van der Waals surface area (Å²) < 4.78 is 31.0. The van der Waals surface area contributed by atoms with Crippen LogP contribution in [0.5, 0.6) is 5.75 Å². The van der Waals surface area contributed by atoms with Gasteiger partial charge >= 0.3 is 0 Å². The molecule has 0 fully saturated rings. The molecule has 6 nitrogen and oxygen atoms in total. The number of benzene rings is 2. The summed E-state index contributed by atoms with van der Waals surface area (Å²) in [4.78, 5) is 12.3. The van der Waals surface area contributed by atoms with Gasteiger partial charge < -0.3 is 10.1 Å². The Morgan fingerprint density at radius 1 is 1.14 bits per heavy atom. The number of nitrogens with one attached hydrogen (secondary N) is 1. The lowest BCUT2D eigenvalue weighted by atomic mass is 10.1. The Balaban J connectivity index is 1.89. The summed E-state index contributed by atoms with van der Waals surface area (Å²) in [6.45, 7) is 4.90. The van der Waals surface area contributed by atoms with Crippen LogP contribution in [0.15, 0.2) is 48.5 Å². The fraction of sp³-hybridized carbons (Fsp3) is 0.409. The van der Waals surface area contributed by atoms with Crippen molar-refractivity contribution in [3.05, 3.63) is 59.7 Å². The molecule has 158 valence electrons. The molecule has 0 aromatic heterocycles. The molecule has 29 heavy (non-hydrogen) atoms. The Morgan fingerprint density at radius 3 is 2.48 bits per heavy atom. The molecule has 2 rings (SSSR count). The average Bonchev–Trinajstić information content (AvgIpc) is 2.67. The van der Waals surface area contributed by atoms with Crippen molar-refractivity contribution in [3.8, 4) is 5.75 Å². The smallest absolute Gasteiger partial charge is 0.240 e. The molecular weight excluding hydrogens is 388 g/mol. The number of carbonyl (C=O) groups is 1. The zero-order valence-electron chi connectivity index (χ0n) is 17.3. The number of sulfonamides is 1. The van der Waals surface area contributed by atoms with E-state index in [2.05, 4.69) is 17.4 Å². The van der Waals surface area contributed by atoms with Gasteiger partial charge in [0.05, 0.1) is 18.6 Å². The number of carbonyl (C=O) groups excluding carboxylic acids is 1. The van der Waals surface area contributed by atoms with Crippen LogP contribution < -0.4 is 14.4 Å². The minimum Gasteiger partial charge on any atom is -0.494 e. The maximum Gasteiger partial charge on any atom is 0.240 e. The van der Waals surface area contributed by atoms with Crippen molar-refractivity contribution >= 4 is 21.6 Å². The van der Waals surface area contributed by atoms with Crippen LogP contribution in [0.3, 0.4) is 0 Å². The predicted molar refractivity (Wildman–Crippen MR) is 117 cm³/mol. The van der Waals surface area contributed by atoms with Crippen LogP contribution in [-0.2, 0) is 21.2 Å². The molecule has 1 amide bonds. The Morgan fingerprint density at radius 2 is 1.86 bits per heavy atom. The van der Waals surface area contributed by atoms with E-state index < -0.39 is 10.0 Å². The second kappa shape index (κ2) is 10.9. The van der Waals surface area contributed by atoms with Gasteiger partial charge in [-0.1, -0.05) is 36.8 Å². The van der Waals surface area contributed by atoms with Crippen LogP contribution in [0.1, 0.15) is 30.9 Å². The largest absolute Gasteiger partial charge is 0.494 e. The number of hydrogen-bond acceptors (Lipinski definition) is 4. The summed E-state index contributed by atoms with van der Waals surface area (Å²) in [6, 6.07) is 15.0. The van der Waals surface area contributed by atoms with E-state index in [1.807, 2.05) is 26.0 Å². The van der Waals surface area contributed by atoms with Crippen molar-refractivity contribution in [1.29, 1.82) is 0 Å². The third-order valence-corrected chi connectivity index (χ3v) is 5.47. The normalized spacial score (nSPS) is 11.1. The summed E-state index contributed by atoms with van der Waals surface area (Å²) in [5.41, 5.74) is 2.87. The predicted octanol–water partition coefficient (Wildman–Crippen LogP) is 3.30. The summed E-state index contributed by atoms with van der Waals surface area (Å²) in [5.74, 6) is 0.343. The van der Waals surface area contributed by atoms with Crippen LogP contribution in [0.4, 0.5) is 5.69 Å². The summed E-state index contributed by atoms with van der Waals surface area (Å²) in [6.07, 6.45) is 3.63. The van der Waals surface area contributed by atoms with Gasteiger partial charge in [-0.05, 0) is 56.0 Å². The summed E-state index contributed by atoms with van der Waals surface area (Å²) in [7, 11) is -3.59. The molecule has 1 N–H and O–H groups in total.